The van der Waals surface area contributed by atoms with Crippen LogP contribution in [0.5, 0.6) is 0 Å². The summed E-state index contributed by atoms with van der Waals surface area (Å²) in [6, 6.07) is 6.54. The second-order valence-corrected chi connectivity index (χ2v) is 6.42. The Morgan fingerprint density at radius 3 is 2.76 bits per heavy atom. The minimum atomic E-state index is -0.460. The summed E-state index contributed by atoms with van der Waals surface area (Å²) in [7, 11) is 0. The molecular weight excluding hydrogens is 323 g/mol. The van der Waals surface area contributed by atoms with Crippen molar-refractivity contribution in [1.82, 2.24) is 15.5 Å². The molecule has 1 amide bonds. The predicted molar refractivity (Wildman–Crippen MR) is 92.8 cm³/mol. The third-order valence-electron chi connectivity index (χ3n) is 4.70. The van der Waals surface area contributed by atoms with Crippen LogP contribution < -0.4 is 10.6 Å². The number of benzene rings is 1. The third-order valence-corrected chi connectivity index (χ3v) is 4.70. The summed E-state index contributed by atoms with van der Waals surface area (Å²) in [4.78, 5) is 12.4. The van der Waals surface area contributed by atoms with Crippen LogP contribution in [-0.4, -0.2) is 35.9 Å². The van der Waals surface area contributed by atoms with Crippen LogP contribution in [0.4, 0.5) is 10.1 Å². The Morgan fingerprint density at radius 1 is 1.36 bits per heavy atom. The van der Waals surface area contributed by atoms with Crippen LogP contribution in [0.25, 0.3) is 0 Å². The van der Waals surface area contributed by atoms with Gasteiger partial charge in [0.05, 0.1) is 23.6 Å². The lowest BCUT2D eigenvalue weighted by Gasteiger charge is -2.38. The summed E-state index contributed by atoms with van der Waals surface area (Å²) in [5.74, 6) is -0.436. The van der Waals surface area contributed by atoms with E-state index in [2.05, 4.69) is 20.8 Å². The van der Waals surface area contributed by atoms with Gasteiger partial charge in [0.25, 0.3) is 0 Å². The van der Waals surface area contributed by atoms with Crippen molar-refractivity contribution in [1.29, 1.82) is 0 Å². The summed E-state index contributed by atoms with van der Waals surface area (Å²) in [6.07, 6.45) is 1.38. The molecule has 2 aromatic rings. The molecule has 0 unspecified atom stereocenters. The normalized spacial score (nSPS) is 16.6. The van der Waals surface area contributed by atoms with Crippen LogP contribution in [0.1, 0.15) is 29.8 Å². The number of anilines is 1. The number of halogens is 1. The Labute approximate surface area is 146 Å². The maximum absolute atomic E-state index is 13.7. The fraction of sp³-hybridized carbons (Fsp3) is 0.444. The average molecular weight is 346 g/mol. The van der Waals surface area contributed by atoms with Crippen molar-refractivity contribution in [3.05, 3.63) is 47.0 Å². The number of carbonyl (C=O) groups is 1. The van der Waals surface area contributed by atoms with E-state index in [4.69, 9.17) is 4.74 Å². The number of rotatable bonds is 5. The molecule has 1 aromatic heterocycles. The van der Waals surface area contributed by atoms with E-state index in [1.54, 1.807) is 6.07 Å². The molecular formula is C18H23FN4O2. The van der Waals surface area contributed by atoms with E-state index >= 15 is 0 Å². The number of aromatic amines is 1. The first-order chi connectivity index (χ1) is 12.0. The van der Waals surface area contributed by atoms with Crippen LogP contribution >= 0.6 is 0 Å². The number of amides is 1. The van der Waals surface area contributed by atoms with Gasteiger partial charge < -0.3 is 10.1 Å². The highest BCUT2D eigenvalue weighted by Crippen LogP contribution is 2.32. The van der Waals surface area contributed by atoms with E-state index in [-0.39, 0.29) is 18.3 Å². The molecule has 7 heteroatoms. The van der Waals surface area contributed by atoms with Gasteiger partial charge in [-0.2, -0.15) is 5.10 Å². The smallest absolute Gasteiger partial charge is 0.238 e. The van der Waals surface area contributed by atoms with E-state index in [1.165, 1.54) is 12.1 Å². The average Bonchev–Trinajstić information content (AvgIpc) is 2.93. The molecule has 1 aromatic carbocycles. The van der Waals surface area contributed by atoms with Gasteiger partial charge in [0.2, 0.25) is 5.91 Å². The molecule has 1 saturated heterocycles. The van der Waals surface area contributed by atoms with Crippen molar-refractivity contribution in [3.63, 3.8) is 0 Å². The Bertz CT molecular complexity index is 734. The number of aryl methyl sites for hydroxylation is 2. The number of nitrogens with zero attached hydrogens (tertiary/aromatic N) is 1. The largest absolute Gasteiger partial charge is 0.381 e. The number of hydrogen-bond acceptors (Lipinski definition) is 4. The predicted octanol–water partition coefficient (Wildman–Crippen LogP) is 2.40. The van der Waals surface area contributed by atoms with Gasteiger partial charge in [0, 0.05) is 18.8 Å². The van der Waals surface area contributed by atoms with Gasteiger partial charge in [-0.1, -0.05) is 12.1 Å². The molecule has 0 saturated carbocycles. The number of carbonyl (C=O) groups excluding carboxylic acids is 1. The molecule has 0 atom stereocenters. The Hall–Kier alpha value is -2.25. The second kappa shape index (κ2) is 7.33. The van der Waals surface area contributed by atoms with Crippen molar-refractivity contribution in [2.75, 3.05) is 25.1 Å². The summed E-state index contributed by atoms with van der Waals surface area (Å²) in [5.41, 5.74) is 2.66. The topological polar surface area (TPSA) is 79.0 Å². The van der Waals surface area contributed by atoms with Crippen molar-refractivity contribution in [2.45, 2.75) is 32.2 Å². The van der Waals surface area contributed by atoms with E-state index in [9.17, 15) is 9.18 Å². The van der Waals surface area contributed by atoms with E-state index in [1.807, 2.05) is 19.9 Å². The highest BCUT2D eigenvalue weighted by atomic mass is 19.1. The van der Waals surface area contributed by atoms with Crippen LogP contribution in [0, 0.1) is 19.7 Å². The fourth-order valence-corrected chi connectivity index (χ4v) is 3.24. The fourth-order valence-electron chi connectivity index (χ4n) is 3.24. The van der Waals surface area contributed by atoms with Gasteiger partial charge in [-0.05, 0) is 44.4 Å². The first kappa shape index (κ1) is 17.6. The summed E-state index contributed by atoms with van der Waals surface area (Å²) in [6.45, 7) is 4.96. The monoisotopic (exact) mass is 346 g/mol. The van der Waals surface area contributed by atoms with Gasteiger partial charge in [-0.15, -0.1) is 0 Å². The zero-order valence-electron chi connectivity index (χ0n) is 14.5. The van der Waals surface area contributed by atoms with Crippen molar-refractivity contribution >= 4 is 11.6 Å². The Balaban J connectivity index is 1.72. The molecule has 25 heavy (non-hydrogen) atoms. The van der Waals surface area contributed by atoms with Crippen LogP contribution in [0.3, 0.4) is 0 Å². The zero-order valence-corrected chi connectivity index (χ0v) is 14.5. The molecule has 3 rings (SSSR count). The number of hydrogen-bond donors (Lipinski definition) is 3. The highest BCUT2D eigenvalue weighted by Gasteiger charge is 2.34. The standard InChI is InChI=1S/C18H23FN4O2/c1-12-17(13(2)23-22-12)21-16(24)11-20-18(6-8-25-9-7-18)14-4-3-5-15(19)10-14/h3-5,10,20H,6-9,11H2,1-2H3,(H,21,24)(H,22,23). The van der Waals surface area contributed by atoms with E-state index in [0.717, 1.165) is 17.0 Å². The number of ether oxygens (including phenoxy) is 1. The van der Waals surface area contributed by atoms with E-state index < -0.39 is 5.54 Å². The van der Waals surface area contributed by atoms with Gasteiger partial charge in [0.1, 0.15) is 5.82 Å². The zero-order chi connectivity index (χ0) is 17.9. The minimum Gasteiger partial charge on any atom is -0.381 e. The van der Waals surface area contributed by atoms with E-state index in [0.29, 0.717) is 31.7 Å². The summed E-state index contributed by atoms with van der Waals surface area (Å²) in [5, 5.41) is 13.1. The maximum Gasteiger partial charge on any atom is 0.238 e. The number of H-pyrrole nitrogens is 1. The van der Waals surface area contributed by atoms with Crippen molar-refractivity contribution < 1.29 is 13.9 Å². The minimum absolute atomic E-state index is 0.126. The first-order valence-electron chi connectivity index (χ1n) is 8.40. The Morgan fingerprint density at radius 2 is 2.12 bits per heavy atom. The third kappa shape index (κ3) is 3.88. The van der Waals surface area contributed by atoms with Crippen LogP contribution in [-0.2, 0) is 15.1 Å². The molecule has 2 heterocycles. The molecule has 0 radical (unpaired) electrons. The van der Waals surface area contributed by atoms with Gasteiger partial charge in [-0.25, -0.2) is 4.39 Å². The first-order valence-corrected chi connectivity index (χ1v) is 8.40. The molecule has 0 bridgehead atoms. The molecule has 1 fully saturated rings. The molecule has 3 N–H and O–H groups in total. The summed E-state index contributed by atoms with van der Waals surface area (Å²) >= 11 is 0. The maximum atomic E-state index is 13.7. The lowest BCUT2D eigenvalue weighted by Crippen LogP contribution is -2.49. The lowest BCUT2D eigenvalue weighted by molar-refractivity contribution is -0.116. The van der Waals surface area contributed by atoms with Crippen molar-refractivity contribution in [2.24, 2.45) is 0 Å². The number of aromatic nitrogens is 2. The van der Waals surface area contributed by atoms with Gasteiger partial charge >= 0.3 is 0 Å². The molecule has 1 aliphatic rings. The molecule has 0 spiro atoms. The number of nitrogens with one attached hydrogen (secondary N) is 3. The highest BCUT2D eigenvalue weighted by molar-refractivity contribution is 5.93. The second-order valence-electron chi connectivity index (χ2n) is 6.42. The molecule has 6 nitrogen and oxygen atoms in total. The molecule has 1 aliphatic heterocycles. The summed E-state index contributed by atoms with van der Waals surface area (Å²) < 4.78 is 19.1. The molecule has 0 aliphatic carbocycles. The lowest BCUT2D eigenvalue weighted by atomic mass is 9.82. The Kier molecular flexibility index (Phi) is 5.15. The molecule has 134 valence electrons. The quantitative estimate of drug-likeness (QED) is 0.777. The van der Waals surface area contributed by atoms with Crippen molar-refractivity contribution in [3.8, 4) is 0 Å². The van der Waals surface area contributed by atoms with Gasteiger partial charge in [0.15, 0.2) is 0 Å². The van der Waals surface area contributed by atoms with Crippen LogP contribution in [0.15, 0.2) is 24.3 Å². The van der Waals surface area contributed by atoms with Gasteiger partial charge in [-0.3, -0.25) is 15.2 Å². The van der Waals surface area contributed by atoms with Crippen LogP contribution in [0.2, 0.25) is 0 Å². The SMILES string of the molecule is Cc1n[nH]c(C)c1NC(=O)CNC1(c2cccc(F)c2)CCOCC1.